The van der Waals surface area contributed by atoms with Gasteiger partial charge in [0.2, 0.25) is 0 Å². The summed E-state index contributed by atoms with van der Waals surface area (Å²) in [6.45, 7) is 6.25. The fourth-order valence-corrected chi connectivity index (χ4v) is 5.04. The highest BCUT2D eigenvalue weighted by molar-refractivity contribution is 7.92. The van der Waals surface area contributed by atoms with Crippen molar-refractivity contribution in [1.82, 2.24) is 5.43 Å². The lowest BCUT2D eigenvalue weighted by atomic mass is 10.1. The molecule has 0 radical (unpaired) electrons. The summed E-state index contributed by atoms with van der Waals surface area (Å²) in [5.41, 5.74) is 4.39. The molecule has 0 saturated heterocycles. The van der Waals surface area contributed by atoms with Crippen LogP contribution in [0.5, 0.6) is 11.5 Å². The Morgan fingerprint density at radius 2 is 1.58 bits per heavy atom. The Morgan fingerprint density at radius 3 is 2.28 bits per heavy atom. The molecule has 9 heteroatoms. The maximum absolute atomic E-state index is 13.5. The Bertz CT molecular complexity index is 1290. The number of ether oxygens (including phenoxy) is 2. The van der Waals surface area contributed by atoms with Gasteiger partial charge in [-0.3, -0.25) is 9.10 Å². The van der Waals surface area contributed by atoms with Gasteiger partial charge < -0.3 is 9.47 Å². The first kappa shape index (κ1) is 26.7. The molecule has 1 N–H and O–H groups in total. The van der Waals surface area contributed by atoms with Gasteiger partial charge in [0.15, 0.2) is 11.5 Å². The second kappa shape index (κ2) is 12.7. The van der Waals surface area contributed by atoms with Crippen LogP contribution < -0.4 is 19.2 Å². The first-order chi connectivity index (χ1) is 17.4. The summed E-state index contributed by atoms with van der Waals surface area (Å²) >= 11 is 0. The second-order valence-corrected chi connectivity index (χ2v) is 9.53. The zero-order valence-electron chi connectivity index (χ0n) is 20.7. The third-order valence-corrected chi connectivity index (χ3v) is 7.00. The summed E-state index contributed by atoms with van der Waals surface area (Å²) in [6.07, 6.45) is 2.07. The lowest BCUT2D eigenvalue weighted by molar-refractivity contribution is -0.119. The number of carbonyl (C=O) groups is 1. The van der Waals surface area contributed by atoms with Crippen LogP contribution in [0, 0.1) is 0 Å². The monoisotopic (exact) mass is 509 g/mol. The molecule has 3 aromatic rings. The molecule has 0 bridgehead atoms. The minimum absolute atomic E-state index is 0.102. The van der Waals surface area contributed by atoms with Gasteiger partial charge in [-0.2, -0.15) is 5.10 Å². The molecule has 0 atom stereocenters. The number of hydrazone groups is 1. The van der Waals surface area contributed by atoms with Crippen LogP contribution in [0.3, 0.4) is 0 Å². The van der Waals surface area contributed by atoms with Crippen molar-refractivity contribution >= 4 is 27.8 Å². The Balaban J connectivity index is 1.82. The second-order valence-electron chi connectivity index (χ2n) is 7.67. The molecule has 1 amide bonds. The first-order valence-corrected chi connectivity index (χ1v) is 13.2. The quantitative estimate of drug-likeness (QED) is 0.288. The standard InChI is InChI=1S/C27H31N3O5S/c1-4-22-12-10-11-15-24(22)30(36(32,33)23-13-8-7-9-14-23)20-27(31)29-28-19-21-16-17-25(34-5-2)26(18-21)35-6-3/h7-19H,4-6,20H2,1-3H3,(H,29,31)/b28-19-. The van der Waals surface area contributed by atoms with E-state index in [0.717, 1.165) is 9.87 Å². The van der Waals surface area contributed by atoms with Gasteiger partial charge in [-0.25, -0.2) is 13.8 Å². The molecule has 0 aliphatic carbocycles. The SMILES string of the molecule is CCOc1ccc(/C=N\NC(=O)CN(c2ccccc2CC)S(=O)(=O)c2ccccc2)cc1OCC. The number of sulfonamides is 1. The summed E-state index contributed by atoms with van der Waals surface area (Å²) in [7, 11) is -3.99. The number of amides is 1. The van der Waals surface area contributed by atoms with Crippen molar-refractivity contribution in [1.29, 1.82) is 0 Å². The predicted molar refractivity (Wildman–Crippen MR) is 141 cm³/mol. The number of carbonyl (C=O) groups excluding carboxylic acids is 1. The maximum atomic E-state index is 13.5. The third kappa shape index (κ3) is 6.63. The molecule has 0 unspecified atom stereocenters. The van der Waals surface area contributed by atoms with E-state index in [4.69, 9.17) is 9.47 Å². The zero-order chi connectivity index (χ0) is 26.0. The van der Waals surface area contributed by atoms with Gasteiger partial charge in [-0.1, -0.05) is 43.3 Å². The van der Waals surface area contributed by atoms with Gasteiger partial charge in [0.25, 0.3) is 15.9 Å². The van der Waals surface area contributed by atoms with Crippen molar-refractivity contribution in [2.75, 3.05) is 24.1 Å². The van der Waals surface area contributed by atoms with E-state index in [1.54, 1.807) is 48.5 Å². The fraction of sp³-hybridized carbons (Fsp3) is 0.259. The largest absolute Gasteiger partial charge is 0.490 e. The molecule has 0 fully saturated rings. The van der Waals surface area contributed by atoms with Crippen LogP contribution in [0.4, 0.5) is 5.69 Å². The highest BCUT2D eigenvalue weighted by Gasteiger charge is 2.28. The van der Waals surface area contributed by atoms with E-state index in [-0.39, 0.29) is 4.90 Å². The number of para-hydroxylation sites is 1. The van der Waals surface area contributed by atoms with Crippen LogP contribution >= 0.6 is 0 Å². The van der Waals surface area contributed by atoms with Crippen LogP contribution in [-0.2, 0) is 21.2 Å². The highest BCUT2D eigenvalue weighted by atomic mass is 32.2. The molecular weight excluding hydrogens is 478 g/mol. The van der Waals surface area contributed by atoms with Crippen LogP contribution in [0.1, 0.15) is 31.9 Å². The third-order valence-electron chi connectivity index (χ3n) is 5.23. The molecule has 8 nitrogen and oxygen atoms in total. The molecule has 0 aliphatic rings. The van der Waals surface area contributed by atoms with E-state index in [1.807, 2.05) is 32.9 Å². The Kier molecular flexibility index (Phi) is 9.46. The molecule has 3 rings (SSSR count). The lowest BCUT2D eigenvalue weighted by Crippen LogP contribution is -2.40. The predicted octanol–water partition coefficient (Wildman–Crippen LogP) is 4.39. The van der Waals surface area contributed by atoms with Gasteiger partial charge in [0.05, 0.1) is 30.0 Å². The molecule has 0 aromatic heterocycles. The number of benzene rings is 3. The van der Waals surface area contributed by atoms with E-state index in [0.29, 0.717) is 42.4 Å². The number of nitrogens with zero attached hydrogens (tertiary/aromatic N) is 2. The number of hydrogen-bond acceptors (Lipinski definition) is 6. The summed E-state index contributed by atoms with van der Waals surface area (Å²) in [5, 5.41) is 4.02. The molecule has 3 aromatic carbocycles. The molecule has 190 valence electrons. The Morgan fingerprint density at radius 1 is 0.917 bits per heavy atom. The molecule has 0 saturated carbocycles. The topological polar surface area (TPSA) is 97.3 Å². The van der Waals surface area contributed by atoms with Crippen molar-refractivity contribution in [3.8, 4) is 11.5 Å². The Labute approximate surface area is 212 Å². The average molecular weight is 510 g/mol. The van der Waals surface area contributed by atoms with Crippen LogP contribution in [-0.4, -0.2) is 40.3 Å². The van der Waals surface area contributed by atoms with Crippen molar-refractivity contribution < 1.29 is 22.7 Å². The number of anilines is 1. The van der Waals surface area contributed by atoms with Gasteiger partial charge in [0, 0.05) is 0 Å². The molecule has 36 heavy (non-hydrogen) atoms. The molecule has 0 spiro atoms. The average Bonchev–Trinajstić information content (AvgIpc) is 2.89. The van der Waals surface area contributed by atoms with E-state index in [9.17, 15) is 13.2 Å². The minimum atomic E-state index is -3.99. The summed E-state index contributed by atoms with van der Waals surface area (Å²) in [6, 6.07) is 20.5. The van der Waals surface area contributed by atoms with Crippen LogP contribution in [0.2, 0.25) is 0 Å². The van der Waals surface area contributed by atoms with E-state index >= 15 is 0 Å². The van der Waals surface area contributed by atoms with Gasteiger partial charge in [-0.05, 0) is 67.8 Å². The van der Waals surface area contributed by atoms with E-state index < -0.39 is 22.5 Å². The van der Waals surface area contributed by atoms with Gasteiger partial charge in [0.1, 0.15) is 6.54 Å². The molecule has 0 heterocycles. The zero-order valence-corrected chi connectivity index (χ0v) is 21.5. The van der Waals surface area contributed by atoms with Crippen LogP contribution in [0.25, 0.3) is 0 Å². The smallest absolute Gasteiger partial charge is 0.264 e. The summed E-state index contributed by atoms with van der Waals surface area (Å²) < 4.78 is 39.3. The summed E-state index contributed by atoms with van der Waals surface area (Å²) in [4.78, 5) is 12.9. The fourth-order valence-electron chi connectivity index (χ4n) is 3.57. The minimum Gasteiger partial charge on any atom is -0.490 e. The lowest BCUT2D eigenvalue weighted by Gasteiger charge is -2.25. The van der Waals surface area contributed by atoms with Crippen molar-refractivity contribution in [3.05, 3.63) is 83.9 Å². The van der Waals surface area contributed by atoms with Crippen molar-refractivity contribution in [2.24, 2.45) is 5.10 Å². The summed E-state index contributed by atoms with van der Waals surface area (Å²) in [5.74, 6) is 0.621. The van der Waals surface area contributed by atoms with E-state index in [1.165, 1.54) is 18.3 Å². The van der Waals surface area contributed by atoms with Gasteiger partial charge >= 0.3 is 0 Å². The number of aryl methyl sites for hydroxylation is 1. The molecular formula is C27H31N3O5S. The maximum Gasteiger partial charge on any atom is 0.264 e. The van der Waals surface area contributed by atoms with Crippen molar-refractivity contribution in [3.63, 3.8) is 0 Å². The highest BCUT2D eigenvalue weighted by Crippen LogP contribution is 2.29. The number of nitrogens with one attached hydrogen (secondary N) is 1. The van der Waals surface area contributed by atoms with Crippen LogP contribution in [0.15, 0.2) is 82.8 Å². The first-order valence-electron chi connectivity index (χ1n) is 11.8. The van der Waals surface area contributed by atoms with Gasteiger partial charge in [-0.15, -0.1) is 0 Å². The number of rotatable bonds is 12. The Hall–Kier alpha value is -3.85. The number of hydrogen-bond donors (Lipinski definition) is 1. The van der Waals surface area contributed by atoms with Crippen molar-refractivity contribution in [2.45, 2.75) is 32.1 Å². The normalized spacial score (nSPS) is 11.3. The van der Waals surface area contributed by atoms with E-state index in [2.05, 4.69) is 10.5 Å². The molecule has 0 aliphatic heterocycles.